The van der Waals surface area contributed by atoms with Crippen LogP contribution in [0.3, 0.4) is 0 Å². The smallest absolute Gasteiger partial charge is 0.0505 e. The zero-order chi connectivity index (χ0) is 10.1. The van der Waals surface area contributed by atoms with Crippen LogP contribution in [-0.4, -0.2) is 4.57 Å². The Morgan fingerprint density at radius 3 is 2.80 bits per heavy atom. The SMILES string of the molecule is c1ccc([C@@H]2Cn3cccc3CN2)cc1. The Bertz CT molecular complexity index is 445. The quantitative estimate of drug-likeness (QED) is 0.744. The molecule has 1 N–H and O–H groups in total. The summed E-state index contributed by atoms with van der Waals surface area (Å²) < 4.78 is 2.33. The monoisotopic (exact) mass is 198 g/mol. The average molecular weight is 198 g/mol. The molecule has 0 unspecified atom stereocenters. The molecule has 0 saturated heterocycles. The summed E-state index contributed by atoms with van der Waals surface area (Å²) in [4.78, 5) is 0. The van der Waals surface area contributed by atoms with Gasteiger partial charge in [-0.25, -0.2) is 0 Å². The number of fused-ring (bicyclic) bond motifs is 1. The lowest BCUT2D eigenvalue weighted by atomic mass is 10.1. The van der Waals surface area contributed by atoms with Crippen molar-refractivity contribution >= 4 is 0 Å². The van der Waals surface area contributed by atoms with E-state index in [1.54, 1.807) is 0 Å². The third kappa shape index (κ3) is 1.57. The lowest BCUT2D eigenvalue weighted by Crippen LogP contribution is -2.31. The van der Waals surface area contributed by atoms with Gasteiger partial charge in [0.25, 0.3) is 0 Å². The van der Waals surface area contributed by atoms with Crippen molar-refractivity contribution in [2.24, 2.45) is 0 Å². The van der Waals surface area contributed by atoms with Crippen molar-refractivity contribution in [1.82, 2.24) is 9.88 Å². The fourth-order valence-corrected chi connectivity index (χ4v) is 2.19. The largest absolute Gasteiger partial charge is 0.348 e. The van der Waals surface area contributed by atoms with E-state index in [0.717, 1.165) is 13.1 Å². The summed E-state index contributed by atoms with van der Waals surface area (Å²) >= 11 is 0. The number of benzene rings is 1. The van der Waals surface area contributed by atoms with Crippen molar-refractivity contribution < 1.29 is 0 Å². The molecular formula is C13H14N2. The molecule has 0 spiro atoms. The molecular weight excluding hydrogens is 184 g/mol. The number of nitrogens with zero attached hydrogens (tertiary/aromatic N) is 1. The van der Waals surface area contributed by atoms with Gasteiger partial charge < -0.3 is 9.88 Å². The third-order valence-corrected chi connectivity index (χ3v) is 3.03. The lowest BCUT2D eigenvalue weighted by Gasteiger charge is -2.26. The molecule has 0 amide bonds. The molecule has 0 aliphatic carbocycles. The molecule has 0 saturated carbocycles. The summed E-state index contributed by atoms with van der Waals surface area (Å²) in [6, 6.07) is 15.4. The average Bonchev–Trinajstić information content (AvgIpc) is 2.77. The van der Waals surface area contributed by atoms with Crippen LogP contribution in [-0.2, 0) is 13.1 Å². The molecule has 1 aromatic heterocycles. The highest BCUT2D eigenvalue weighted by Crippen LogP contribution is 2.20. The van der Waals surface area contributed by atoms with Crippen LogP contribution in [0.15, 0.2) is 48.7 Å². The number of hydrogen-bond donors (Lipinski definition) is 1. The lowest BCUT2D eigenvalue weighted by molar-refractivity contribution is 0.404. The van der Waals surface area contributed by atoms with Gasteiger partial charge in [0.05, 0.1) is 6.04 Å². The molecule has 2 heteroatoms. The molecule has 2 nitrogen and oxygen atoms in total. The van der Waals surface area contributed by atoms with E-state index in [0.29, 0.717) is 6.04 Å². The van der Waals surface area contributed by atoms with Crippen molar-refractivity contribution in [3.05, 3.63) is 59.9 Å². The minimum absolute atomic E-state index is 0.450. The van der Waals surface area contributed by atoms with Crippen molar-refractivity contribution in [2.75, 3.05) is 0 Å². The maximum absolute atomic E-state index is 3.56. The molecule has 15 heavy (non-hydrogen) atoms. The van der Waals surface area contributed by atoms with E-state index >= 15 is 0 Å². The molecule has 0 fully saturated rings. The van der Waals surface area contributed by atoms with Crippen LogP contribution < -0.4 is 5.32 Å². The van der Waals surface area contributed by atoms with Gasteiger partial charge in [-0.1, -0.05) is 30.3 Å². The zero-order valence-corrected chi connectivity index (χ0v) is 8.56. The Hall–Kier alpha value is -1.54. The number of nitrogens with one attached hydrogen (secondary N) is 1. The first-order valence-electron chi connectivity index (χ1n) is 5.36. The predicted molar refractivity (Wildman–Crippen MR) is 60.5 cm³/mol. The highest BCUT2D eigenvalue weighted by Gasteiger charge is 2.17. The molecule has 0 radical (unpaired) electrons. The maximum Gasteiger partial charge on any atom is 0.0505 e. The number of hydrogen-bond acceptors (Lipinski definition) is 1. The normalized spacial score (nSPS) is 19.9. The Balaban J connectivity index is 1.88. The van der Waals surface area contributed by atoms with Gasteiger partial charge in [-0.05, 0) is 17.7 Å². The minimum Gasteiger partial charge on any atom is -0.348 e. The minimum atomic E-state index is 0.450. The van der Waals surface area contributed by atoms with E-state index in [1.165, 1.54) is 11.3 Å². The molecule has 2 aromatic rings. The zero-order valence-electron chi connectivity index (χ0n) is 8.56. The van der Waals surface area contributed by atoms with Crippen molar-refractivity contribution in [1.29, 1.82) is 0 Å². The van der Waals surface area contributed by atoms with Gasteiger partial charge in [-0.3, -0.25) is 0 Å². The molecule has 2 heterocycles. The first-order valence-corrected chi connectivity index (χ1v) is 5.36. The van der Waals surface area contributed by atoms with E-state index in [2.05, 4.69) is 58.5 Å². The Labute approximate surface area is 89.5 Å². The van der Waals surface area contributed by atoms with Crippen LogP contribution in [0.2, 0.25) is 0 Å². The Kier molecular flexibility index (Phi) is 2.07. The van der Waals surface area contributed by atoms with Crippen LogP contribution in [0.1, 0.15) is 17.3 Å². The highest BCUT2D eigenvalue weighted by molar-refractivity contribution is 5.21. The van der Waals surface area contributed by atoms with Crippen molar-refractivity contribution in [3.63, 3.8) is 0 Å². The van der Waals surface area contributed by atoms with Gasteiger partial charge in [0.1, 0.15) is 0 Å². The van der Waals surface area contributed by atoms with Crippen LogP contribution in [0.25, 0.3) is 0 Å². The summed E-state index contributed by atoms with van der Waals surface area (Å²) in [6.45, 7) is 2.00. The molecule has 1 atom stereocenters. The summed E-state index contributed by atoms with van der Waals surface area (Å²) in [5, 5.41) is 3.56. The van der Waals surface area contributed by atoms with Gasteiger partial charge in [0.2, 0.25) is 0 Å². The van der Waals surface area contributed by atoms with E-state index in [4.69, 9.17) is 0 Å². The standard InChI is InChI=1S/C13H14N2/c1-2-5-11(6-3-1)13-10-15-8-4-7-12(15)9-14-13/h1-8,13-14H,9-10H2/t13-/m0/s1. The van der Waals surface area contributed by atoms with Gasteiger partial charge in [-0.15, -0.1) is 0 Å². The van der Waals surface area contributed by atoms with Crippen LogP contribution in [0.4, 0.5) is 0 Å². The summed E-state index contributed by atoms with van der Waals surface area (Å²) in [7, 11) is 0. The Morgan fingerprint density at radius 2 is 1.93 bits per heavy atom. The van der Waals surface area contributed by atoms with Crippen molar-refractivity contribution in [3.8, 4) is 0 Å². The van der Waals surface area contributed by atoms with E-state index < -0.39 is 0 Å². The topological polar surface area (TPSA) is 17.0 Å². The van der Waals surface area contributed by atoms with Crippen LogP contribution >= 0.6 is 0 Å². The molecule has 3 rings (SSSR count). The fraction of sp³-hybridized carbons (Fsp3) is 0.231. The second-order valence-corrected chi connectivity index (χ2v) is 4.00. The molecule has 1 aliphatic heterocycles. The summed E-state index contributed by atoms with van der Waals surface area (Å²) in [5.41, 5.74) is 2.75. The van der Waals surface area contributed by atoms with E-state index in [1.807, 2.05) is 0 Å². The molecule has 0 bridgehead atoms. The first-order chi connectivity index (χ1) is 7.43. The molecule has 1 aliphatic rings. The van der Waals surface area contributed by atoms with Gasteiger partial charge in [-0.2, -0.15) is 0 Å². The molecule has 1 aromatic carbocycles. The van der Waals surface area contributed by atoms with Crippen molar-refractivity contribution in [2.45, 2.75) is 19.1 Å². The number of rotatable bonds is 1. The van der Waals surface area contributed by atoms with E-state index in [9.17, 15) is 0 Å². The van der Waals surface area contributed by atoms with E-state index in [-0.39, 0.29) is 0 Å². The summed E-state index contributed by atoms with van der Waals surface area (Å²) in [5.74, 6) is 0. The third-order valence-electron chi connectivity index (χ3n) is 3.03. The van der Waals surface area contributed by atoms with Gasteiger partial charge >= 0.3 is 0 Å². The van der Waals surface area contributed by atoms with Gasteiger partial charge in [0.15, 0.2) is 0 Å². The summed E-state index contributed by atoms with van der Waals surface area (Å²) in [6.07, 6.45) is 2.16. The fourth-order valence-electron chi connectivity index (χ4n) is 2.19. The number of aromatic nitrogens is 1. The highest BCUT2D eigenvalue weighted by atomic mass is 15.1. The first kappa shape index (κ1) is 8.74. The molecule has 76 valence electrons. The Morgan fingerprint density at radius 1 is 1.07 bits per heavy atom. The van der Waals surface area contributed by atoms with Crippen LogP contribution in [0, 0.1) is 0 Å². The second-order valence-electron chi connectivity index (χ2n) is 4.00. The predicted octanol–water partition coefficient (Wildman–Crippen LogP) is 2.33. The van der Waals surface area contributed by atoms with Gasteiger partial charge in [0, 0.05) is 25.0 Å². The maximum atomic E-state index is 3.56. The van der Waals surface area contributed by atoms with Crippen LogP contribution in [0.5, 0.6) is 0 Å². The second kappa shape index (κ2) is 3.55.